The van der Waals surface area contributed by atoms with Gasteiger partial charge in [-0.15, -0.1) is 0 Å². The molecule has 4 nitrogen and oxygen atoms in total. The van der Waals surface area contributed by atoms with Crippen molar-refractivity contribution in [3.8, 4) is 0 Å². The predicted octanol–water partition coefficient (Wildman–Crippen LogP) is 2.81. The van der Waals surface area contributed by atoms with Crippen molar-refractivity contribution in [3.05, 3.63) is 0 Å². The van der Waals surface area contributed by atoms with E-state index in [1.54, 1.807) is 7.11 Å². The molecule has 19 heavy (non-hydrogen) atoms. The molecule has 0 spiro atoms. The number of carboxylic acid groups (broad SMARTS) is 1. The van der Waals surface area contributed by atoms with Gasteiger partial charge >= 0.3 is 5.97 Å². The SMILES string of the molecule is CCC(CC)(CNC(C)CC1(OC)CCC1)C(=O)O. The van der Waals surface area contributed by atoms with Gasteiger partial charge in [-0.3, -0.25) is 4.79 Å². The summed E-state index contributed by atoms with van der Waals surface area (Å²) in [5.41, 5.74) is -0.592. The van der Waals surface area contributed by atoms with E-state index in [2.05, 4.69) is 12.2 Å². The molecule has 0 aromatic carbocycles. The van der Waals surface area contributed by atoms with Crippen LogP contribution >= 0.6 is 0 Å². The van der Waals surface area contributed by atoms with Gasteiger partial charge < -0.3 is 15.2 Å². The second-order valence-corrected chi connectivity index (χ2v) is 6.02. The number of ether oxygens (including phenoxy) is 1. The average molecular weight is 271 g/mol. The molecule has 0 aromatic rings. The van der Waals surface area contributed by atoms with Crippen LogP contribution in [0.2, 0.25) is 0 Å². The van der Waals surface area contributed by atoms with E-state index in [4.69, 9.17) is 4.74 Å². The number of hydrogen-bond acceptors (Lipinski definition) is 3. The molecule has 1 fully saturated rings. The van der Waals surface area contributed by atoms with E-state index in [-0.39, 0.29) is 11.6 Å². The molecule has 0 amide bonds. The van der Waals surface area contributed by atoms with Crippen molar-refractivity contribution < 1.29 is 14.6 Å². The second kappa shape index (κ2) is 6.71. The molecule has 0 aliphatic heterocycles. The lowest BCUT2D eigenvalue weighted by Crippen LogP contribution is -2.48. The summed E-state index contributed by atoms with van der Waals surface area (Å²) in [5, 5.41) is 12.8. The smallest absolute Gasteiger partial charge is 0.310 e. The summed E-state index contributed by atoms with van der Waals surface area (Å²) in [5.74, 6) is -0.692. The number of hydrogen-bond donors (Lipinski definition) is 2. The molecule has 0 bridgehead atoms. The molecule has 1 atom stereocenters. The van der Waals surface area contributed by atoms with Crippen molar-refractivity contribution in [1.29, 1.82) is 0 Å². The van der Waals surface area contributed by atoms with Gasteiger partial charge in [-0.05, 0) is 45.4 Å². The zero-order valence-electron chi connectivity index (χ0n) is 12.8. The molecule has 1 saturated carbocycles. The number of rotatable bonds is 9. The quantitative estimate of drug-likeness (QED) is 0.677. The fourth-order valence-corrected chi connectivity index (χ4v) is 2.94. The lowest BCUT2D eigenvalue weighted by atomic mass is 9.75. The van der Waals surface area contributed by atoms with Gasteiger partial charge in [0.2, 0.25) is 0 Å². The molecule has 0 saturated heterocycles. The van der Waals surface area contributed by atoms with Crippen LogP contribution in [0.15, 0.2) is 0 Å². The maximum absolute atomic E-state index is 11.4. The Morgan fingerprint density at radius 1 is 1.42 bits per heavy atom. The van der Waals surface area contributed by atoms with Crippen LogP contribution in [-0.4, -0.2) is 36.4 Å². The summed E-state index contributed by atoms with van der Waals surface area (Å²) in [6.45, 7) is 6.56. The van der Waals surface area contributed by atoms with Crippen LogP contribution in [0.4, 0.5) is 0 Å². The van der Waals surface area contributed by atoms with Crippen molar-refractivity contribution >= 4 is 5.97 Å². The summed E-state index contributed by atoms with van der Waals surface area (Å²) >= 11 is 0. The monoisotopic (exact) mass is 271 g/mol. The first-order valence-corrected chi connectivity index (χ1v) is 7.45. The lowest BCUT2D eigenvalue weighted by Gasteiger charge is -2.42. The Morgan fingerprint density at radius 3 is 2.32 bits per heavy atom. The zero-order valence-corrected chi connectivity index (χ0v) is 12.8. The van der Waals surface area contributed by atoms with Gasteiger partial charge in [-0.1, -0.05) is 13.8 Å². The molecule has 0 aromatic heterocycles. The van der Waals surface area contributed by atoms with Crippen molar-refractivity contribution in [2.75, 3.05) is 13.7 Å². The largest absolute Gasteiger partial charge is 0.481 e. The Kier molecular flexibility index (Phi) is 5.81. The van der Waals surface area contributed by atoms with E-state index < -0.39 is 11.4 Å². The van der Waals surface area contributed by atoms with Gasteiger partial charge in [0.1, 0.15) is 0 Å². The van der Waals surface area contributed by atoms with Crippen LogP contribution in [0.5, 0.6) is 0 Å². The third-order valence-electron chi connectivity index (χ3n) is 4.97. The third-order valence-corrected chi connectivity index (χ3v) is 4.97. The lowest BCUT2D eigenvalue weighted by molar-refractivity contribution is -0.149. The highest BCUT2D eigenvalue weighted by Crippen LogP contribution is 2.39. The number of methoxy groups -OCH3 is 1. The Labute approximate surface area is 116 Å². The Morgan fingerprint density at radius 2 is 2.00 bits per heavy atom. The van der Waals surface area contributed by atoms with E-state index in [0.29, 0.717) is 19.4 Å². The summed E-state index contributed by atoms with van der Waals surface area (Å²) < 4.78 is 5.62. The molecule has 4 heteroatoms. The van der Waals surface area contributed by atoms with Crippen molar-refractivity contribution in [3.63, 3.8) is 0 Å². The number of nitrogens with one attached hydrogen (secondary N) is 1. The summed E-state index contributed by atoms with van der Waals surface area (Å²) in [4.78, 5) is 11.4. The molecule has 2 N–H and O–H groups in total. The number of carboxylic acids is 1. The van der Waals surface area contributed by atoms with Gasteiger partial charge in [0, 0.05) is 19.7 Å². The summed E-state index contributed by atoms with van der Waals surface area (Å²) in [6.07, 6.45) is 5.78. The highest BCUT2D eigenvalue weighted by molar-refractivity contribution is 5.74. The summed E-state index contributed by atoms with van der Waals surface area (Å²) in [7, 11) is 1.78. The Balaban J connectivity index is 2.48. The first-order valence-electron chi connectivity index (χ1n) is 7.45. The first kappa shape index (κ1) is 16.4. The van der Waals surface area contributed by atoms with Crippen LogP contribution in [0, 0.1) is 5.41 Å². The average Bonchev–Trinajstić information content (AvgIpc) is 2.35. The third kappa shape index (κ3) is 3.69. The highest BCUT2D eigenvalue weighted by Gasteiger charge is 2.39. The van der Waals surface area contributed by atoms with Gasteiger partial charge in [-0.25, -0.2) is 0 Å². The molecule has 1 unspecified atom stereocenters. The number of aliphatic carboxylic acids is 1. The minimum absolute atomic E-state index is 0.0384. The van der Waals surface area contributed by atoms with Crippen LogP contribution in [0.1, 0.15) is 59.3 Å². The second-order valence-electron chi connectivity index (χ2n) is 6.02. The van der Waals surface area contributed by atoms with E-state index in [1.807, 2.05) is 13.8 Å². The van der Waals surface area contributed by atoms with E-state index in [0.717, 1.165) is 19.3 Å². The first-order chi connectivity index (χ1) is 8.93. The van der Waals surface area contributed by atoms with Crippen LogP contribution in [0.3, 0.4) is 0 Å². The van der Waals surface area contributed by atoms with Crippen molar-refractivity contribution in [1.82, 2.24) is 5.32 Å². The van der Waals surface area contributed by atoms with Crippen LogP contribution in [0.25, 0.3) is 0 Å². The Hall–Kier alpha value is -0.610. The number of carbonyl (C=O) groups is 1. The highest BCUT2D eigenvalue weighted by atomic mass is 16.5. The normalized spacial score (nSPS) is 19.8. The topological polar surface area (TPSA) is 58.6 Å². The Bertz CT molecular complexity index is 290. The predicted molar refractivity (Wildman–Crippen MR) is 76.3 cm³/mol. The zero-order chi connectivity index (χ0) is 14.5. The van der Waals surface area contributed by atoms with Crippen LogP contribution < -0.4 is 5.32 Å². The van der Waals surface area contributed by atoms with Gasteiger partial charge in [0.05, 0.1) is 11.0 Å². The molecule has 0 heterocycles. The summed E-state index contributed by atoms with van der Waals surface area (Å²) in [6, 6.07) is 0.289. The minimum atomic E-state index is -0.692. The standard InChI is InChI=1S/C15H29NO3/c1-5-14(6-2,13(17)18)11-16-12(3)10-15(19-4)8-7-9-15/h12,16H,5-11H2,1-4H3,(H,17,18). The molecule has 1 rings (SSSR count). The van der Waals surface area contributed by atoms with Crippen molar-refractivity contribution in [2.45, 2.75) is 70.9 Å². The van der Waals surface area contributed by atoms with E-state index in [9.17, 15) is 9.90 Å². The van der Waals surface area contributed by atoms with E-state index in [1.165, 1.54) is 6.42 Å². The molecule has 0 radical (unpaired) electrons. The van der Waals surface area contributed by atoms with Crippen LogP contribution in [-0.2, 0) is 9.53 Å². The molecular weight excluding hydrogens is 242 g/mol. The van der Waals surface area contributed by atoms with E-state index >= 15 is 0 Å². The molecule has 112 valence electrons. The van der Waals surface area contributed by atoms with Gasteiger partial charge in [0.25, 0.3) is 0 Å². The fourth-order valence-electron chi connectivity index (χ4n) is 2.94. The molecule has 1 aliphatic rings. The molecular formula is C15H29NO3. The van der Waals surface area contributed by atoms with Gasteiger partial charge in [-0.2, -0.15) is 0 Å². The fraction of sp³-hybridized carbons (Fsp3) is 0.933. The van der Waals surface area contributed by atoms with Crippen molar-refractivity contribution in [2.24, 2.45) is 5.41 Å². The minimum Gasteiger partial charge on any atom is -0.481 e. The maximum atomic E-state index is 11.4. The van der Waals surface area contributed by atoms with Gasteiger partial charge in [0.15, 0.2) is 0 Å². The maximum Gasteiger partial charge on any atom is 0.310 e. The molecule has 1 aliphatic carbocycles.